The van der Waals surface area contributed by atoms with Gasteiger partial charge >= 0.3 is 0 Å². The zero-order chi connectivity index (χ0) is 7.68. The van der Waals surface area contributed by atoms with Crippen LogP contribution in [0.25, 0.3) is 0 Å². The average Bonchev–Trinajstić information content (AvgIpc) is 2.73. The molecule has 3 heteroatoms. The van der Waals surface area contributed by atoms with Crippen LogP contribution in [0.5, 0.6) is 0 Å². The van der Waals surface area contributed by atoms with E-state index in [1.165, 1.54) is 17.7 Å². The van der Waals surface area contributed by atoms with E-state index in [0.29, 0.717) is 0 Å². The lowest BCUT2D eigenvalue weighted by Gasteiger charge is -1.98. The summed E-state index contributed by atoms with van der Waals surface area (Å²) in [4.78, 5) is 1.26. The Morgan fingerprint density at radius 1 is 1.64 bits per heavy atom. The highest BCUT2D eigenvalue weighted by Gasteiger charge is 2.20. The van der Waals surface area contributed by atoms with E-state index < -0.39 is 0 Å². The molecular formula is C8H10ClNS. The fourth-order valence-corrected chi connectivity index (χ4v) is 2.03. The van der Waals surface area contributed by atoms with Gasteiger partial charge in [-0.15, -0.1) is 11.3 Å². The first-order chi connectivity index (χ1) is 5.36. The van der Waals surface area contributed by atoms with Crippen LogP contribution in [0, 0.1) is 0 Å². The summed E-state index contributed by atoms with van der Waals surface area (Å²) in [5, 5.41) is 6.37. The van der Waals surface area contributed by atoms with Crippen LogP contribution in [0.15, 0.2) is 11.4 Å². The number of hydrogen-bond acceptors (Lipinski definition) is 2. The minimum Gasteiger partial charge on any atom is -0.309 e. The van der Waals surface area contributed by atoms with Crippen molar-refractivity contribution in [1.29, 1.82) is 0 Å². The van der Waals surface area contributed by atoms with Crippen LogP contribution in [0.1, 0.15) is 17.7 Å². The van der Waals surface area contributed by atoms with Crippen molar-refractivity contribution in [2.75, 3.05) is 0 Å². The van der Waals surface area contributed by atoms with Gasteiger partial charge in [-0.05, 0) is 24.3 Å². The highest BCUT2D eigenvalue weighted by atomic mass is 35.5. The van der Waals surface area contributed by atoms with Gasteiger partial charge in [-0.25, -0.2) is 0 Å². The molecule has 0 aromatic carbocycles. The largest absolute Gasteiger partial charge is 0.309 e. The summed E-state index contributed by atoms with van der Waals surface area (Å²) >= 11 is 7.64. The summed E-state index contributed by atoms with van der Waals surface area (Å²) in [5.41, 5.74) is 0. The summed E-state index contributed by atoms with van der Waals surface area (Å²) < 4.78 is 0. The summed E-state index contributed by atoms with van der Waals surface area (Å²) in [6, 6.07) is 2.73. The Kier molecular flexibility index (Phi) is 2.16. The fourth-order valence-electron chi connectivity index (χ4n) is 0.976. The lowest BCUT2D eigenvalue weighted by Crippen LogP contribution is -2.14. The van der Waals surface area contributed by atoms with Gasteiger partial charge in [0.2, 0.25) is 0 Å². The number of thiophene rings is 1. The third-order valence-electron chi connectivity index (χ3n) is 1.82. The summed E-state index contributed by atoms with van der Waals surface area (Å²) in [7, 11) is 0. The minimum atomic E-state index is 0.771. The van der Waals surface area contributed by atoms with Crippen molar-refractivity contribution in [3.05, 3.63) is 21.3 Å². The van der Waals surface area contributed by atoms with E-state index in [2.05, 4.69) is 5.32 Å². The molecule has 1 nitrogen and oxygen atoms in total. The molecule has 60 valence electrons. The van der Waals surface area contributed by atoms with E-state index in [1.54, 1.807) is 11.3 Å². The van der Waals surface area contributed by atoms with E-state index in [4.69, 9.17) is 11.6 Å². The standard InChI is InChI=1S/C8H10ClNS/c9-7-3-4-11-8(7)5-10-6-1-2-6/h3-4,6,10H,1-2,5H2. The normalized spacial score (nSPS) is 17.2. The SMILES string of the molecule is Clc1ccsc1CNC1CC1. The third kappa shape index (κ3) is 1.95. The second kappa shape index (κ2) is 3.13. The van der Waals surface area contributed by atoms with Gasteiger partial charge in [0.1, 0.15) is 0 Å². The Morgan fingerprint density at radius 3 is 3.00 bits per heavy atom. The van der Waals surface area contributed by atoms with Gasteiger partial charge in [0.15, 0.2) is 0 Å². The zero-order valence-electron chi connectivity index (χ0n) is 6.14. The minimum absolute atomic E-state index is 0.771. The van der Waals surface area contributed by atoms with Crippen LogP contribution in [0.3, 0.4) is 0 Å². The smallest absolute Gasteiger partial charge is 0.0558 e. The van der Waals surface area contributed by atoms with Gasteiger partial charge in [-0.3, -0.25) is 0 Å². The Balaban J connectivity index is 1.89. The van der Waals surface area contributed by atoms with Crippen LogP contribution in [-0.4, -0.2) is 6.04 Å². The van der Waals surface area contributed by atoms with Gasteiger partial charge in [0.25, 0.3) is 0 Å². The molecule has 0 amide bonds. The second-order valence-corrected chi connectivity index (χ2v) is 4.25. The van der Waals surface area contributed by atoms with Gasteiger partial charge in [0.05, 0.1) is 5.02 Å². The molecular weight excluding hydrogens is 178 g/mol. The molecule has 0 aliphatic heterocycles. The molecule has 1 N–H and O–H groups in total. The maximum Gasteiger partial charge on any atom is 0.0558 e. The summed E-state index contributed by atoms with van der Waals surface area (Å²) in [5.74, 6) is 0. The van der Waals surface area contributed by atoms with E-state index in [-0.39, 0.29) is 0 Å². The fraction of sp³-hybridized carbons (Fsp3) is 0.500. The molecule has 0 atom stereocenters. The molecule has 11 heavy (non-hydrogen) atoms. The Bertz CT molecular complexity index is 242. The van der Waals surface area contributed by atoms with Crippen LogP contribution in [0.4, 0.5) is 0 Å². The van der Waals surface area contributed by atoms with Crippen LogP contribution >= 0.6 is 22.9 Å². The van der Waals surface area contributed by atoms with Crippen molar-refractivity contribution in [2.24, 2.45) is 0 Å². The topological polar surface area (TPSA) is 12.0 Å². The van der Waals surface area contributed by atoms with Crippen molar-refractivity contribution < 1.29 is 0 Å². The van der Waals surface area contributed by atoms with Gasteiger partial charge in [-0.1, -0.05) is 11.6 Å². The quantitative estimate of drug-likeness (QED) is 0.768. The lowest BCUT2D eigenvalue weighted by molar-refractivity contribution is 0.695. The molecule has 1 aromatic rings. The van der Waals surface area contributed by atoms with E-state index in [0.717, 1.165) is 17.6 Å². The molecule has 0 radical (unpaired) electrons. The van der Waals surface area contributed by atoms with Crippen molar-refractivity contribution in [2.45, 2.75) is 25.4 Å². The first kappa shape index (κ1) is 7.59. The Morgan fingerprint density at radius 2 is 2.45 bits per heavy atom. The van der Waals surface area contributed by atoms with Gasteiger partial charge in [0, 0.05) is 17.5 Å². The average molecular weight is 188 g/mol. The van der Waals surface area contributed by atoms with Crippen molar-refractivity contribution in [3.63, 3.8) is 0 Å². The highest BCUT2D eigenvalue weighted by molar-refractivity contribution is 7.10. The third-order valence-corrected chi connectivity index (χ3v) is 3.21. The lowest BCUT2D eigenvalue weighted by atomic mass is 10.4. The molecule has 2 rings (SSSR count). The predicted octanol–water partition coefficient (Wildman–Crippen LogP) is 2.65. The van der Waals surface area contributed by atoms with Crippen molar-refractivity contribution in [1.82, 2.24) is 5.32 Å². The Hall–Kier alpha value is -0.0500. The molecule has 1 heterocycles. The maximum absolute atomic E-state index is 5.91. The number of hydrogen-bond donors (Lipinski definition) is 1. The molecule has 0 spiro atoms. The molecule has 0 saturated heterocycles. The van der Waals surface area contributed by atoms with E-state index >= 15 is 0 Å². The molecule has 1 saturated carbocycles. The molecule has 1 aliphatic carbocycles. The van der Waals surface area contributed by atoms with E-state index in [1.807, 2.05) is 11.4 Å². The Labute approximate surface area is 75.4 Å². The van der Waals surface area contributed by atoms with Crippen LogP contribution < -0.4 is 5.32 Å². The predicted molar refractivity (Wildman–Crippen MR) is 49.2 cm³/mol. The zero-order valence-corrected chi connectivity index (χ0v) is 7.71. The van der Waals surface area contributed by atoms with Gasteiger partial charge < -0.3 is 5.32 Å². The molecule has 0 bridgehead atoms. The first-order valence-corrected chi connectivity index (χ1v) is 5.07. The van der Waals surface area contributed by atoms with Crippen molar-refractivity contribution in [3.8, 4) is 0 Å². The summed E-state index contributed by atoms with van der Waals surface area (Å²) in [6.07, 6.45) is 2.67. The number of halogens is 1. The highest BCUT2D eigenvalue weighted by Crippen LogP contribution is 2.24. The second-order valence-electron chi connectivity index (χ2n) is 2.85. The number of nitrogens with one attached hydrogen (secondary N) is 1. The first-order valence-electron chi connectivity index (χ1n) is 3.81. The van der Waals surface area contributed by atoms with Crippen LogP contribution in [-0.2, 0) is 6.54 Å². The molecule has 1 aliphatic rings. The molecule has 0 unspecified atom stereocenters. The van der Waals surface area contributed by atoms with Crippen molar-refractivity contribution >= 4 is 22.9 Å². The van der Waals surface area contributed by atoms with E-state index in [9.17, 15) is 0 Å². The maximum atomic E-state index is 5.91. The van der Waals surface area contributed by atoms with Crippen LogP contribution in [0.2, 0.25) is 5.02 Å². The number of rotatable bonds is 3. The summed E-state index contributed by atoms with van der Waals surface area (Å²) in [6.45, 7) is 0.946. The van der Waals surface area contributed by atoms with Gasteiger partial charge in [-0.2, -0.15) is 0 Å². The molecule has 1 fully saturated rings. The molecule has 1 aromatic heterocycles. The monoisotopic (exact) mass is 187 g/mol.